The Morgan fingerprint density at radius 1 is 1.14 bits per heavy atom. The van der Waals surface area contributed by atoms with Gasteiger partial charge in [0.15, 0.2) is 11.9 Å². The number of benzene rings is 1. The summed E-state index contributed by atoms with van der Waals surface area (Å²) in [6.07, 6.45) is -0.787. The monoisotopic (exact) mass is 383 g/mol. The van der Waals surface area contributed by atoms with Crippen LogP contribution in [-0.2, 0) is 9.47 Å². The van der Waals surface area contributed by atoms with E-state index >= 15 is 0 Å². The predicted octanol–water partition coefficient (Wildman–Crippen LogP) is 2.96. The Balaban J connectivity index is 1.87. The third-order valence-corrected chi connectivity index (χ3v) is 4.42. The lowest BCUT2D eigenvalue weighted by Crippen LogP contribution is -2.18. The van der Waals surface area contributed by atoms with Crippen molar-refractivity contribution in [2.75, 3.05) is 6.61 Å². The minimum absolute atomic E-state index is 0.219. The summed E-state index contributed by atoms with van der Waals surface area (Å²) >= 11 is 0. The molecular weight excluding hydrogens is 362 g/mol. The highest BCUT2D eigenvalue weighted by Crippen LogP contribution is 2.23. The van der Waals surface area contributed by atoms with Crippen LogP contribution in [0.25, 0.3) is 10.9 Å². The van der Waals surface area contributed by atoms with Gasteiger partial charge in [0.25, 0.3) is 5.56 Å². The van der Waals surface area contributed by atoms with Gasteiger partial charge in [-0.05, 0) is 45.4 Å². The molecule has 0 unspecified atom stereocenters. The molecule has 0 saturated heterocycles. The van der Waals surface area contributed by atoms with Crippen LogP contribution >= 0.6 is 0 Å². The van der Waals surface area contributed by atoms with Gasteiger partial charge in [0.1, 0.15) is 5.69 Å². The highest BCUT2D eigenvalue weighted by Gasteiger charge is 2.25. The third-order valence-electron chi connectivity index (χ3n) is 4.42. The molecule has 0 amide bonds. The van der Waals surface area contributed by atoms with Crippen LogP contribution < -0.4 is 5.56 Å². The minimum atomic E-state index is -0.787. The lowest BCUT2D eigenvalue weighted by molar-refractivity contribution is 0.0318. The summed E-state index contributed by atoms with van der Waals surface area (Å²) < 4.78 is 10.5. The van der Waals surface area contributed by atoms with Crippen molar-refractivity contribution < 1.29 is 19.1 Å². The molecule has 2 heterocycles. The fourth-order valence-corrected chi connectivity index (χ4v) is 3.04. The molecule has 146 valence electrons. The highest BCUT2D eigenvalue weighted by molar-refractivity contribution is 5.98. The second kappa shape index (κ2) is 7.67. The standard InChI is InChI=1S/C20H21N3O5/c1-5-27-20(26)16-10(2)15(11(3)21-16)19(25)28-12(4)17-22-14-9-7-6-8-13(14)18(24)23-17/h6-9,12,21H,5H2,1-4H3,(H,22,23,24)/t12-/m0/s1. The summed E-state index contributed by atoms with van der Waals surface area (Å²) in [7, 11) is 0. The van der Waals surface area contributed by atoms with Crippen LogP contribution in [0.5, 0.6) is 0 Å². The van der Waals surface area contributed by atoms with Gasteiger partial charge < -0.3 is 19.4 Å². The molecule has 0 aliphatic carbocycles. The number of fused-ring (bicyclic) bond motifs is 1. The van der Waals surface area contributed by atoms with Crippen molar-refractivity contribution in [3.63, 3.8) is 0 Å². The number of para-hydroxylation sites is 1. The van der Waals surface area contributed by atoms with Crippen molar-refractivity contribution in [2.24, 2.45) is 0 Å². The van der Waals surface area contributed by atoms with Gasteiger partial charge in [-0.1, -0.05) is 12.1 Å². The summed E-state index contributed by atoms with van der Waals surface area (Å²) in [6, 6.07) is 6.92. The fraction of sp³-hybridized carbons (Fsp3) is 0.300. The Morgan fingerprint density at radius 3 is 2.57 bits per heavy atom. The molecule has 0 bridgehead atoms. The first-order chi connectivity index (χ1) is 13.3. The van der Waals surface area contributed by atoms with Crippen molar-refractivity contribution in [1.82, 2.24) is 15.0 Å². The largest absolute Gasteiger partial charge is 0.461 e. The van der Waals surface area contributed by atoms with E-state index in [2.05, 4.69) is 15.0 Å². The maximum absolute atomic E-state index is 12.7. The van der Waals surface area contributed by atoms with Gasteiger partial charge in [-0.25, -0.2) is 14.6 Å². The molecule has 1 atom stereocenters. The quantitative estimate of drug-likeness (QED) is 0.655. The number of nitrogens with one attached hydrogen (secondary N) is 2. The first kappa shape index (κ1) is 19.3. The number of aromatic amines is 2. The molecule has 0 spiro atoms. The Labute approximate surface area is 160 Å². The first-order valence-corrected chi connectivity index (χ1v) is 8.89. The van der Waals surface area contributed by atoms with Crippen LogP contribution in [0.2, 0.25) is 0 Å². The summed E-state index contributed by atoms with van der Waals surface area (Å²) in [6.45, 7) is 6.88. The van der Waals surface area contributed by atoms with Crippen LogP contribution in [0.15, 0.2) is 29.1 Å². The number of ether oxygens (including phenoxy) is 2. The average molecular weight is 383 g/mol. The lowest BCUT2D eigenvalue weighted by Gasteiger charge is -2.13. The second-order valence-corrected chi connectivity index (χ2v) is 6.36. The first-order valence-electron chi connectivity index (χ1n) is 8.89. The molecule has 2 aromatic heterocycles. The summed E-state index contributed by atoms with van der Waals surface area (Å²) in [4.78, 5) is 46.8. The summed E-state index contributed by atoms with van der Waals surface area (Å²) in [5, 5.41) is 0.459. The fourth-order valence-electron chi connectivity index (χ4n) is 3.04. The molecule has 0 radical (unpaired) electrons. The van der Waals surface area contributed by atoms with Gasteiger partial charge in [-0.15, -0.1) is 0 Å². The Kier molecular flexibility index (Phi) is 5.30. The summed E-state index contributed by atoms with van der Waals surface area (Å²) in [5.41, 5.74) is 1.64. The molecule has 8 heteroatoms. The molecule has 0 fully saturated rings. The van der Waals surface area contributed by atoms with Crippen molar-refractivity contribution in [1.29, 1.82) is 0 Å². The topological polar surface area (TPSA) is 114 Å². The predicted molar refractivity (Wildman–Crippen MR) is 102 cm³/mol. The number of nitrogens with zero attached hydrogens (tertiary/aromatic N) is 1. The minimum Gasteiger partial charge on any atom is -0.461 e. The van der Waals surface area contributed by atoms with Gasteiger partial charge in [0.05, 0.1) is 23.1 Å². The Bertz CT molecular complexity index is 1110. The van der Waals surface area contributed by atoms with E-state index in [-0.39, 0.29) is 29.2 Å². The maximum Gasteiger partial charge on any atom is 0.355 e. The number of carbonyl (C=O) groups is 2. The molecular formula is C20H21N3O5. The number of aromatic nitrogens is 3. The summed E-state index contributed by atoms with van der Waals surface area (Å²) in [5.74, 6) is -0.908. The van der Waals surface area contributed by atoms with E-state index < -0.39 is 18.0 Å². The molecule has 28 heavy (non-hydrogen) atoms. The number of H-pyrrole nitrogens is 2. The number of aryl methyl sites for hydroxylation is 1. The molecule has 0 aliphatic heterocycles. The number of hydrogen-bond donors (Lipinski definition) is 2. The van der Waals surface area contributed by atoms with E-state index in [4.69, 9.17) is 9.47 Å². The van der Waals surface area contributed by atoms with E-state index in [9.17, 15) is 14.4 Å². The van der Waals surface area contributed by atoms with Gasteiger partial charge in [-0.3, -0.25) is 4.79 Å². The van der Waals surface area contributed by atoms with Crippen LogP contribution in [-0.4, -0.2) is 33.5 Å². The van der Waals surface area contributed by atoms with E-state index in [0.717, 1.165) is 0 Å². The van der Waals surface area contributed by atoms with Crippen LogP contribution in [0.3, 0.4) is 0 Å². The zero-order valence-electron chi connectivity index (χ0n) is 16.1. The Hall–Kier alpha value is -3.42. The van der Waals surface area contributed by atoms with Crippen molar-refractivity contribution >= 4 is 22.8 Å². The van der Waals surface area contributed by atoms with Gasteiger partial charge in [0.2, 0.25) is 0 Å². The van der Waals surface area contributed by atoms with E-state index in [1.807, 2.05) is 0 Å². The van der Waals surface area contributed by atoms with Crippen molar-refractivity contribution in [3.8, 4) is 0 Å². The SMILES string of the molecule is CCOC(=O)c1[nH]c(C)c(C(=O)O[C@@H](C)c2nc3ccccc3c(=O)[nH]2)c1C. The van der Waals surface area contributed by atoms with E-state index in [1.165, 1.54) is 0 Å². The van der Waals surface area contributed by atoms with E-state index in [1.54, 1.807) is 52.0 Å². The zero-order chi connectivity index (χ0) is 20.4. The van der Waals surface area contributed by atoms with Crippen LogP contribution in [0.4, 0.5) is 0 Å². The zero-order valence-corrected chi connectivity index (χ0v) is 16.1. The smallest absolute Gasteiger partial charge is 0.355 e. The third kappa shape index (κ3) is 3.53. The molecule has 2 N–H and O–H groups in total. The van der Waals surface area contributed by atoms with Crippen LogP contribution in [0.1, 0.15) is 57.9 Å². The van der Waals surface area contributed by atoms with Gasteiger partial charge >= 0.3 is 11.9 Å². The highest BCUT2D eigenvalue weighted by atomic mass is 16.5. The normalized spacial score (nSPS) is 12.0. The molecule has 3 aromatic rings. The number of hydrogen-bond acceptors (Lipinski definition) is 6. The van der Waals surface area contributed by atoms with Gasteiger partial charge in [0, 0.05) is 5.69 Å². The maximum atomic E-state index is 12.7. The van der Waals surface area contributed by atoms with Crippen molar-refractivity contribution in [3.05, 3.63) is 63.0 Å². The van der Waals surface area contributed by atoms with Crippen molar-refractivity contribution in [2.45, 2.75) is 33.8 Å². The molecule has 8 nitrogen and oxygen atoms in total. The average Bonchev–Trinajstić information content (AvgIpc) is 2.96. The Morgan fingerprint density at radius 2 is 1.86 bits per heavy atom. The number of carbonyl (C=O) groups excluding carboxylic acids is 2. The van der Waals surface area contributed by atoms with Crippen LogP contribution in [0, 0.1) is 13.8 Å². The molecule has 3 rings (SSSR count). The van der Waals surface area contributed by atoms with E-state index in [0.29, 0.717) is 22.2 Å². The van der Waals surface area contributed by atoms with Gasteiger partial charge in [-0.2, -0.15) is 0 Å². The lowest BCUT2D eigenvalue weighted by atomic mass is 10.1. The second-order valence-electron chi connectivity index (χ2n) is 6.36. The molecule has 0 saturated carbocycles. The number of rotatable bonds is 5. The number of esters is 2. The molecule has 1 aromatic carbocycles. The molecule has 0 aliphatic rings.